The number of hydrogen-bond donors (Lipinski definition) is 1. The van der Waals surface area contributed by atoms with Gasteiger partial charge in [0, 0.05) is 32.7 Å². The molecule has 0 unspecified atom stereocenters. The highest BCUT2D eigenvalue weighted by molar-refractivity contribution is 7.86. The first-order valence-corrected chi connectivity index (χ1v) is 7.37. The van der Waals surface area contributed by atoms with Crippen LogP contribution in [0.3, 0.4) is 0 Å². The first-order chi connectivity index (χ1) is 7.50. The Bertz CT molecular complexity index is 332. The largest absolute Gasteiger partial charge is 0.328 e. The van der Waals surface area contributed by atoms with E-state index in [0.29, 0.717) is 25.6 Å². The lowest BCUT2D eigenvalue weighted by atomic mass is 9.81. The van der Waals surface area contributed by atoms with E-state index in [1.54, 1.807) is 11.4 Å². The zero-order valence-corrected chi connectivity index (χ0v) is 10.6. The topological polar surface area (TPSA) is 66.6 Å². The molecule has 0 aromatic heterocycles. The van der Waals surface area contributed by atoms with Crippen molar-refractivity contribution in [3.05, 3.63) is 0 Å². The zero-order chi connectivity index (χ0) is 11.8. The van der Waals surface area contributed by atoms with Gasteiger partial charge in [-0.1, -0.05) is 0 Å². The summed E-state index contributed by atoms with van der Waals surface area (Å²) >= 11 is 0. The molecule has 0 amide bonds. The Morgan fingerprint density at radius 2 is 1.88 bits per heavy atom. The molecule has 2 fully saturated rings. The second-order valence-corrected chi connectivity index (χ2v) is 7.03. The summed E-state index contributed by atoms with van der Waals surface area (Å²) in [6.45, 7) is 1.97. The molecule has 5 nitrogen and oxygen atoms in total. The van der Waals surface area contributed by atoms with Gasteiger partial charge in [0.1, 0.15) is 0 Å². The predicted molar refractivity (Wildman–Crippen MR) is 63.1 cm³/mol. The summed E-state index contributed by atoms with van der Waals surface area (Å²) in [5.74, 6) is 0.456. The normalized spacial score (nSPS) is 31.9. The van der Waals surface area contributed by atoms with E-state index in [9.17, 15) is 8.42 Å². The van der Waals surface area contributed by atoms with Crippen LogP contribution in [0.5, 0.6) is 0 Å². The number of rotatable bonds is 4. The highest BCUT2D eigenvalue weighted by Gasteiger charge is 2.33. The van der Waals surface area contributed by atoms with Gasteiger partial charge >= 0.3 is 0 Å². The van der Waals surface area contributed by atoms with Gasteiger partial charge in [0.15, 0.2) is 0 Å². The summed E-state index contributed by atoms with van der Waals surface area (Å²) in [5, 5.41) is 0. The number of nitrogens with zero attached hydrogens (tertiary/aromatic N) is 2. The molecule has 0 radical (unpaired) electrons. The van der Waals surface area contributed by atoms with Crippen molar-refractivity contribution in [2.75, 3.05) is 26.7 Å². The Hall–Kier alpha value is -0.170. The van der Waals surface area contributed by atoms with Gasteiger partial charge in [-0.3, -0.25) is 0 Å². The molecule has 1 saturated heterocycles. The average molecular weight is 247 g/mol. The van der Waals surface area contributed by atoms with Gasteiger partial charge in [0.05, 0.1) is 0 Å². The van der Waals surface area contributed by atoms with E-state index in [-0.39, 0.29) is 6.04 Å². The molecule has 94 valence electrons. The van der Waals surface area contributed by atoms with Gasteiger partial charge < -0.3 is 5.73 Å². The molecule has 0 bridgehead atoms. The summed E-state index contributed by atoms with van der Waals surface area (Å²) in [7, 11) is -1.52. The van der Waals surface area contributed by atoms with Crippen LogP contribution in [-0.2, 0) is 10.2 Å². The summed E-state index contributed by atoms with van der Waals surface area (Å²) in [5.41, 5.74) is 5.70. The molecule has 2 rings (SSSR count). The molecule has 0 spiro atoms. The van der Waals surface area contributed by atoms with E-state index < -0.39 is 10.2 Å². The Morgan fingerprint density at radius 1 is 1.31 bits per heavy atom. The van der Waals surface area contributed by atoms with Crippen molar-refractivity contribution in [2.24, 2.45) is 11.7 Å². The Kier molecular flexibility index (Phi) is 3.53. The van der Waals surface area contributed by atoms with Gasteiger partial charge in [0.2, 0.25) is 0 Å². The summed E-state index contributed by atoms with van der Waals surface area (Å²) in [6, 6.07) is 0.285. The Morgan fingerprint density at radius 3 is 2.38 bits per heavy atom. The molecule has 16 heavy (non-hydrogen) atoms. The SMILES string of the molecule is CN(CC1CC(N)C1)S(=O)(=O)N1CCCC1. The van der Waals surface area contributed by atoms with E-state index in [2.05, 4.69) is 0 Å². The molecular weight excluding hydrogens is 226 g/mol. The maximum atomic E-state index is 12.1. The van der Waals surface area contributed by atoms with Crippen molar-refractivity contribution in [3.8, 4) is 0 Å². The van der Waals surface area contributed by atoms with Crippen LogP contribution in [0, 0.1) is 5.92 Å². The maximum Gasteiger partial charge on any atom is 0.281 e. The van der Waals surface area contributed by atoms with Crippen LogP contribution < -0.4 is 5.73 Å². The van der Waals surface area contributed by atoms with Gasteiger partial charge in [-0.2, -0.15) is 17.0 Å². The predicted octanol–water partition coefficient (Wildman–Crippen LogP) is -0.00390. The molecule has 0 atom stereocenters. The molecule has 1 aliphatic heterocycles. The fourth-order valence-electron chi connectivity index (χ4n) is 2.51. The third-order valence-electron chi connectivity index (χ3n) is 3.57. The second kappa shape index (κ2) is 4.60. The van der Waals surface area contributed by atoms with Gasteiger partial charge in [-0.25, -0.2) is 0 Å². The summed E-state index contributed by atoms with van der Waals surface area (Å²) in [4.78, 5) is 0. The average Bonchev–Trinajstić information content (AvgIpc) is 2.68. The lowest BCUT2D eigenvalue weighted by Crippen LogP contribution is -2.46. The van der Waals surface area contributed by atoms with Crippen molar-refractivity contribution in [1.82, 2.24) is 8.61 Å². The Balaban J connectivity index is 1.89. The minimum absolute atomic E-state index is 0.285. The highest BCUT2D eigenvalue weighted by atomic mass is 32.2. The van der Waals surface area contributed by atoms with Crippen LogP contribution in [0.2, 0.25) is 0 Å². The van der Waals surface area contributed by atoms with Crippen molar-refractivity contribution in [1.29, 1.82) is 0 Å². The van der Waals surface area contributed by atoms with Crippen LogP contribution in [0.4, 0.5) is 0 Å². The summed E-state index contributed by atoms with van der Waals surface area (Å²) in [6.07, 6.45) is 3.89. The monoisotopic (exact) mass is 247 g/mol. The van der Waals surface area contributed by atoms with Crippen molar-refractivity contribution >= 4 is 10.2 Å². The van der Waals surface area contributed by atoms with Crippen LogP contribution >= 0.6 is 0 Å². The second-order valence-electron chi connectivity index (χ2n) is 4.99. The third-order valence-corrected chi connectivity index (χ3v) is 5.53. The lowest BCUT2D eigenvalue weighted by Gasteiger charge is -2.35. The zero-order valence-electron chi connectivity index (χ0n) is 9.80. The smallest absolute Gasteiger partial charge is 0.281 e. The standard InChI is InChI=1S/C10H21N3O2S/c1-12(8-9-6-10(11)7-9)16(14,15)13-4-2-3-5-13/h9-10H,2-8,11H2,1H3. The molecule has 0 aromatic carbocycles. The van der Waals surface area contributed by atoms with Crippen LogP contribution in [0.25, 0.3) is 0 Å². The van der Waals surface area contributed by atoms with E-state index >= 15 is 0 Å². The van der Waals surface area contributed by atoms with Crippen LogP contribution in [0.1, 0.15) is 25.7 Å². The summed E-state index contributed by atoms with van der Waals surface area (Å²) < 4.78 is 27.3. The van der Waals surface area contributed by atoms with Gasteiger partial charge in [-0.05, 0) is 31.6 Å². The van der Waals surface area contributed by atoms with E-state index in [1.165, 1.54) is 4.31 Å². The molecule has 1 saturated carbocycles. The maximum absolute atomic E-state index is 12.1. The van der Waals surface area contributed by atoms with E-state index in [4.69, 9.17) is 5.73 Å². The van der Waals surface area contributed by atoms with Gasteiger partial charge in [-0.15, -0.1) is 0 Å². The molecule has 2 aliphatic rings. The molecule has 0 aromatic rings. The van der Waals surface area contributed by atoms with Gasteiger partial charge in [0.25, 0.3) is 10.2 Å². The van der Waals surface area contributed by atoms with Crippen molar-refractivity contribution in [3.63, 3.8) is 0 Å². The van der Waals surface area contributed by atoms with E-state index in [1.807, 2.05) is 0 Å². The highest BCUT2D eigenvalue weighted by Crippen LogP contribution is 2.27. The molecule has 1 aliphatic carbocycles. The first kappa shape index (κ1) is 12.3. The number of hydrogen-bond acceptors (Lipinski definition) is 3. The van der Waals surface area contributed by atoms with Crippen molar-refractivity contribution < 1.29 is 8.42 Å². The molecule has 1 heterocycles. The third kappa shape index (κ3) is 2.40. The van der Waals surface area contributed by atoms with Crippen LogP contribution in [0.15, 0.2) is 0 Å². The lowest BCUT2D eigenvalue weighted by molar-refractivity contribution is 0.222. The minimum atomic E-state index is -3.20. The molecule has 6 heteroatoms. The van der Waals surface area contributed by atoms with Crippen molar-refractivity contribution in [2.45, 2.75) is 31.7 Å². The molecule has 2 N–H and O–H groups in total. The minimum Gasteiger partial charge on any atom is -0.328 e. The molecular formula is C10H21N3O2S. The number of nitrogens with two attached hydrogens (primary N) is 1. The quantitative estimate of drug-likeness (QED) is 0.760. The fourth-order valence-corrected chi connectivity index (χ4v) is 4.02. The van der Waals surface area contributed by atoms with E-state index in [0.717, 1.165) is 25.7 Å². The van der Waals surface area contributed by atoms with Crippen LogP contribution in [-0.4, -0.2) is 49.8 Å². The first-order valence-electron chi connectivity index (χ1n) is 5.97. The Labute approximate surface area is 97.8 Å². The fraction of sp³-hybridized carbons (Fsp3) is 1.00.